The molecule has 114 valence electrons. The average molecular weight is 343 g/mol. The lowest BCUT2D eigenvalue weighted by atomic mass is 9.92. The highest BCUT2D eigenvalue weighted by molar-refractivity contribution is 7.99. The summed E-state index contributed by atoms with van der Waals surface area (Å²) in [5.74, 6) is 0.980. The van der Waals surface area contributed by atoms with Gasteiger partial charge in [-0.25, -0.2) is 0 Å². The van der Waals surface area contributed by atoms with Crippen LogP contribution in [0, 0.1) is 11.3 Å². The highest BCUT2D eigenvalue weighted by Gasteiger charge is 2.34. The molecule has 0 amide bonds. The fraction of sp³-hybridized carbons (Fsp3) is 0.562. The largest absolute Gasteiger partial charge is 0.297 e. The molecule has 1 saturated carbocycles. The maximum absolute atomic E-state index is 9.49. The standard InChI is InChI=1S/C16H20Cl2N2S/c1-2-16(11-19,20-12-4-5-12)8-3-9-21-13-6-7-14(17)15(18)10-13/h6-7,10,12,20H,2-5,8-9H2,1H3. The van der Waals surface area contributed by atoms with E-state index in [1.807, 2.05) is 18.2 Å². The molecule has 1 aromatic rings. The molecule has 1 aromatic carbocycles. The first kappa shape index (κ1) is 17.0. The van der Waals surface area contributed by atoms with Gasteiger partial charge in [-0.3, -0.25) is 5.32 Å². The lowest BCUT2D eigenvalue weighted by Gasteiger charge is -2.26. The van der Waals surface area contributed by atoms with Crippen LogP contribution in [0.5, 0.6) is 0 Å². The molecule has 1 atom stereocenters. The van der Waals surface area contributed by atoms with E-state index in [0.29, 0.717) is 16.1 Å². The number of benzene rings is 1. The van der Waals surface area contributed by atoms with Crippen molar-refractivity contribution < 1.29 is 0 Å². The van der Waals surface area contributed by atoms with Gasteiger partial charge >= 0.3 is 0 Å². The molecule has 1 fully saturated rings. The van der Waals surface area contributed by atoms with Crippen LogP contribution in [0.3, 0.4) is 0 Å². The van der Waals surface area contributed by atoms with Gasteiger partial charge < -0.3 is 0 Å². The van der Waals surface area contributed by atoms with Crippen LogP contribution in [-0.2, 0) is 0 Å². The molecular formula is C16H20Cl2N2S. The number of nitrogens with zero attached hydrogens (tertiary/aromatic N) is 1. The van der Waals surface area contributed by atoms with Crippen molar-refractivity contribution in [2.24, 2.45) is 0 Å². The van der Waals surface area contributed by atoms with E-state index in [-0.39, 0.29) is 5.54 Å². The predicted molar refractivity (Wildman–Crippen MR) is 91.2 cm³/mol. The van der Waals surface area contributed by atoms with Crippen LogP contribution in [0.2, 0.25) is 10.0 Å². The SMILES string of the molecule is CCC(C#N)(CCCSc1ccc(Cl)c(Cl)c1)NC1CC1. The fourth-order valence-corrected chi connectivity index (χ4v) is 3.52. The van der Waals surface area contributed by atoms with Crippen molar-refractivity contribution in [2.45, 2.75) is 55.5 Å². The molecule has 0 saturated heterocycles. The van der Waals surface area contributed by atoms with Crippen LogP contribution >= 0.6 is 35.0 Å². The molecule has 0 aromatic heterocycles. The fourth-order valence-electron chi connectivity index (χ4n) is 2.27. The van der Waals surface area contributed by atoms with E-state index in [1.54, 1.807) is 11.8 Å². The van der Waals surface area contributed by atoms with Crippen molar-refractivity contribution >= 4 is 35.0 Å². The van der Waals surface area contributed by atoms with Gasteiger partial charge in [0.2, 0.25) is 0 Å². The minimum Gasteiger partial charge on any atom is -0.297 e. The third kappa shape index (κ3) is 5.07. The van der Waals surface area contributed by atoms with E-state index in [9.17, 15) is 5.26 Å². The first-order chi connectivity index (χ1) is 10.1. The molecule has 1 unspecified atom stereocenters. The van der Waals surface area contributed by atoms with E-state index in [4.69, 9.17) is 23.2 Å². The number of hydrogen-bond acceptors (Lipinski definition) is 3. The Bertz CT molecular complexity index is 525. The topological polar surface area (TPSA) is 35.8 Å². The Hall–Kier alpha value is -0.400. The number of nitrogens with one attached hydrogen (secondary N) is 1. The van der Waals surface area contributed by atoms with E-state index in [1.165, 1.54) is 12.8 Å². The lowest BCUT2D eigenvalue weighted by Crippen LogP contribution is -2.44. The normalized spacial score (nSPS) is 17.2. The molecule has 0 heterocycles. The van der Waals surface area contributed by atoms with Gasteiger partial charge in [-0.1, -0.05) is 30.1 Å². The van der Waals surface area contributed by atoms with Gasteiger partial charge in [0, 0.05) is 10.9 Å². The first-order valence-corrected chi connectivity index (χ1v) is 9.09. The second kappa shape index (κ2) is 7.74. The minimum atomic E-state index is -0.348. The van der Waals surface area contributed by atoms with Gasteiger partial charge in [0.1, 0.15) is 5.54 Å². The van der Waals surface area contributed by atoms with Crippen LogP contribution < -0.4 is 5.32 Å². The number of halogens is 2. The summed E-state index contributed by atoms with van der Waals surface area (Å²) in [6.07, 6.45) is 5.18. The van der Waals surface area contributed by atoms with Crippen molar-refractivity contribution in [1.82, 2.24) is 5.32 Å². The van der Waals surface area contributed by atoms with Crippen LogP contribution in [0.25, 0.3) is 0 Å². The summed E-state index contributed by atoms with van der Waals surface area (Å²) in [4.78, 5) is 1.12. The third-order valence-corrected chi connectivity index (χ3v) is 5.60. The maximum Gasteiger partial charge on any atom is 0.106 e. The Kier molecular flexibility index (Phi) is 6.25. The van der Waals surface area contributed by atoms with Crippen molar-refractivity contribution in [1.29, 1.82) is 5.26 Å². The number of nitriles is 1. The summed E-state index contributed by atoms with van der Waals surface area (Å²) < 4.78 is 0. The van der Waals surface area contributed by atoms with E-state index in [0.717, 1.165) is 29.9 Å². The Morgan fingerprint density at radius 2 is 2.14 bits per heavy atom. The molecular weight excluding hydrogens is 323 g/mol. The first-order valence-electron chi connectivity index (χ1n) is 7.35. The number of rotatable bonds is 8. The second-order valence-corrected chi connectivity index (χ2v) is 7.48. The zero-order valence-corrected chi connectivity index (χ0v) is 14.5. The highest BCUT2D eigenvalue weighted by atomic mass is 35.5. The summed E-state index contributed by atoms with van der Waals surface area (Å²) in [5, 5.41) is 14.2. The smallest absolute Gasteiger partial charge is 0.106 e. The van der Waals surface area contributed by atoms with Gasteiger partial charge in [0.25, 0.3) is 0 Å². The molecule has 0 bridgehead atoms. The molecule has 5 heteroatoms. The third-order valence-electron chi connectivity index (χ3n) is 3.78. The Morgan fingerprint density at radius 3 is 2.71 bits per heavy atom. The molecule has 2 nitrogen and oxygen atoms in total. The van der Waals surface area contributed by atoms with Gasteiger partial charge in [0.05, 0.1) is 16.1 Å². The van der Waals surface area contributed by atoms with Crippen LogP contribution in [0.15, 0.2) is 23.1 Å². The lowest BCUT2D eigenvalue weighted by molar-refractivity contribution is 0.367. The Labute approximate surface area is 141 Å². The molecule has 1 N–H and O–H groups in total. The second-order valence-electron chi connectivity index (χ2n) is 5.49. The summed E-state index contributed by atoms with van der Waals surface area (Å²) in [7, 11) is 0. The molecule has 1 aliphatic carbocycles. The average Bonchev–Trinajstić information content (AvgIpc) is 3.30. The zero-order valence-electron chi connectivity index (χ0n) is 12.2. The molecule has 21 heavy (non-hydrogen) atoms. The predicted octanol–water partition coefficient (Wildman–Crippen LogP) is 5.29. The molecule has 2 rings (SSSR count). The maximum atomic E-state index is 9.49. The van der Waals surface area contributed by atoms with Gasteiger partial charge in [-0.05, 0) is 56.1 Å². The van der Waals surface area contributed by atoms with Gasteiger partial charge in [-0.15, -0.1) is 11.8 Å². The zero-order chi connectivity index (χ0) is 15.3. The Morgan fingerprint density at radius 1 is 1.38 bits per heavy atom. The monoisotopic (exact) mass is 342 g/mol. The van der Waals surface area contributed by atoms with E-state index in [2.05, 4.69) is 18.3 Å². The minimum absolute atomic E-state index is 0.348. The van der Waals surface area contributed by atoms with E-state index >= 15 is 0 Å². The Balaban J connectivity index is 1.79. The van der Waals surface area contributed by atoms with Crippen LogP contribution in [0.4, 0.5) is 0 Å². The summed E-state index contributed by atoms with van der Waals surface area (Å²) in [6, 6.07) is 8.76. The van der Waals surface area contributed by atoms with Crippen molar-refractivity contribution in [3.05, 3.63) is 28.2 Å². The molecule has 0 radical (unpaired) electrons. The number of thioether (sulfide) groups is 1. The summed E-state index contributed by atoms with van der Waals surface area (Å²) in [6.45, 7) is 2.09. The summed E-state index contributed by atoms with van der Waals surface area (Å²) >= 11 is 13.7. The van der Waals surface area contributed by atoms with Crippen molar-refractivity contribution in [3.8, 4) is 6.07 Å². The quantitative estimate of drug-likeness (QED) is 0.515. The van der Waals surface area contributed by atoms with Crippen molar-refractivity contribution in [2.75, 3.05) is 5.75 Å². The molecule has 0 aliphatic heterocycles. The van der Waals surface area contributed by atoms with E-state index < -0.39 is 0 Å². The van der Waals surface area contributed by atoms with Gasteiger partial charge in [-0.2, -0.15) is 5.26 Å². The molecule has 0 spiro atoms. The van der Waals surface area contributed by atoms with Crippen LogP contribution in [-0.4, -0.2) is 17.3 Å². The van der Waals surface area contributed by atoms with Crippen LogP contribution in [0.1, 0.15) is 39.0 Å². The van der Waals surface area contributed by atoms with Crippen molar-refractivity contribution in [3.63, 3.8) is 0 Å². The highest BCUT2D eigenvalue weighted by Crippen LogP contribution is 2.30. The summed E-state index contributed by atoms with van der Waals surface area (Å²) in [5.41, 5.74) is -0.348. The van der Waals surface area contributed by atoms with Gasteiger partial charge in [0.15, 0.2) is 0 Å². The number of hydrogen-bond donors (Lipinski definition) is 1. The molecule has 1 aliphatic rings.